The van der Waals surface area contributed by atoms with Crippen LogP contribution in [0.15, 0.2) is 66.7 Å². The molecule has 0 saturated carbocycles. The molecule has 156 valence electrons. The second-order valence-corrected chi connectivity index (χ2v) is 8.31. The van der Waals surface area contributed by atoms with E-state index in [4.69, 9.17) is 0 Å². The van der Waals surface area contributed by atoms with Crippen LogP contribution in [0.3, 0.4) is 0 Å². The van der Waals surface area contributed by atoms with Crippen molar-refractivity contribution in [2.45, 2.75) is 31.9 Å². The van der Waals surface area contributed by atoms with Gasteiger partial charge in [0.15, 0.2) is 0 Å². The van der Waals surface area contributed by atoms with Crippen molar-refractivity contribution in [2.24, 2.45) is 0 Å². The number of hydrogen-bond acceptors (Lipinski definition) is 3. The highest BCUT2D eigenvalue weighted by Gasteiger charge is 2.18. The molecule has 0 heterocycles. The summed E-state index contributed by atoms with van der Waals surface area (Å²) in [5.41, 5.74) is 1.12. The molecule has 0 radical (unpaired) electrons. The fourth-order valence-electron chi connectivity index (χ4n) is 4.77. The molecule has 2 atom stereocenters. The minimum atomic E-state index is -0.794. The van der Waals surface area contributed by atoms with Crippen LogP contribution in [0.25, 0.3) is 43.1 Å². The number of amides is 1. The number of aliphatic hydroxyl groups excluding tert-OH is 2. The highest BCUT2D eigenvalue weighted by Crippen LogP contribution is 2.40. The molecule has 5 rings (SSSR count). The Morgan fingerprint density at radius 3 is 2.06 bits per heavy atom. The van der Waals surface area contributed by atoms with E-state index in [1.807, 2.05) is 0 Å². The minimum Gasteiger partial charge on any atom is -0.394 e. The van der Waals surface area contributed by atoms with E-state index >= 15 is 0 Å². The predicted molar refractivity (Wildman–Crippen MR) is 127 cm³/mol. The van der Waals surface area contributed by atoms with Gasteiger partial charge in [-0.1, -0.05) is 66.7 Å². The largest absolute Gasteiger partial charge is 0.394 e. The third-order valence-electron chi connectivity index (χ3n) is 6.36. The van der Waals surface area contributed by atoms with Crippen molar-refractivity contribution in [3.63, 3.8) is 0 Å². The third-order valence-corrected chi connectivity index (χ3v) is 6.36. The summed E-state index contributed by atoms with van der Waals surface area (Å²) >= 11 is 0. The number of nitrogens with one attached hydrogen (secondary N) is 1. The Morgan fingerprint density at radius 1 is 0.839 bits per heavy atom. The molecule has 0 aliphatic rings. The maximum absolute atomic E-state index is 12.4. The lowest BCUT2D eigenvalue weighted by molar-refractivity contribution is -0.123. The Hall–Kier alpha value is -3.21. The second-order valence-electron chi connectivity index (χ2n) is 8.31. The van der Waals surface area contributed by atoms with E-state index in [1.165, 1.54) is 43.1 Å². The molecule has 4 heteroatoms. The van der Waals surface area contributed by atoms with Gasteiger partial charge in [-0.05, 0) is 62.0 Å². The molecule has 0 saturated heterocycles. The maximum atomic E-state index is 12.4. The van der Waals surface area contributed by atoms with Gasteiger partial charge in [0.05, 0.1) is 18.8 Å². The summed E-state index contributed by atoms with van der Waals surface area (Å²) in [6.07, 6.45) is 0.0986. The first-order valence-electron chi connectivity index (χ1n) is 10.7. The molecule has 4 nitrogen and oxygen atoms in total. The number of aliphatic hydroxyl groups is 2. The Morgan fingerprint density at radius 2 is 1.42 bits per heavy atom. The van der Waals surface area contributed by atoms with Gasteiger partial charge in [-0.15, -0.1) is 0 Å². The summed E-state index contributed by atoms with van der Waals surface area (Å²) in [5.74, 6) is -0.171. The van der Waals surface area contributed by atoms with Gasteiger partial charge in [0.25, 0.3) is 0 Å². The fraction of sp³-hybridized carbons (Fsp3) is 0.222. The highest BCUT2D eigenvalue weighted by atomic mass is 16.3. The van der Waals surface area contributed by atoms with E-state index in [0.717, 1.165) is 5.56 Å². The minimum absolute atomic E-state index is 0.171. The van der Waals surface area contributed by atoms with Crippen LogP contribution in [-0.2, 0) is 11.2 Å². The summed E-state index contributed by atoms with van der Waals surface area (Å²) in [5, 5.41) is 31.6. The van der Waals surface area contributed by atoms with Gasteiger partial charge >= 0.3 is 0 Å². The molecular weight excluding hydrogens is 386 g/mol. The Bertz CT molecular complexity index is 1360. The summed E-state index contributed by atoms with van der Waals surface area (Å²) in [7, 11) is 0. The molecule has 3 N–H and O–H groups in total. The van der Waals surface area contributed by atoms with Crippen molar-refractivity contribution >= 4 is 49.0 Å². The molecule has 0 unspecified atom stereocenters. The SMILES string of the molecule is C[C@H](O)[C@H](CO)NC(=O)CCc1ccc2c3cccc4cccc(c5cccc1c52)c43. The number of carbonyl (C=O) groups excluding carboxylic acids is 1. The molecule has 5 aromatic rings. The fourth-order valence-corrected chi connectivity index (χ4v) is 4.77. The van der Waals surface area contributed by atoms with E-state index < -0.39 is 12.1 Å². The van der Waals surface area contributed by atoms with Gasteiger partial charge in [-0.25, -0.2) is 0 Å². The summed E-state index contributed by atoms with van der Waals surface area (Å²) in [4.78, 5) is 12.4. The average Bonchev–Trinajstić information content (AvgIpc) is 2.79. The molecule has 0 fully saturated rings. The number of rotatable bonds is 6. The van der Waals surface area contributed by atoms with Crippen LogP contribution >= 0.6 is 0 Å². The number of carbonyl (C=O) groups is 1. The standard InChI is InChI=1S/C27H25NO3/c1-16(30)24(15-29)28-25(31)14-12-17-11-13-23-21-9-3-6-18-5-2-8-20(26(18)21)22-10-4-7-19(17)27(22)23/h2-11,13,16,24,29-30H,12,14-15H2,1H3,(H,28,31)/t16-,24-/m0/s1. The molecular formula is C27H25NO3. The number of fused-ring (bicyclic) bond motifs is 2. The maximum Gasteiger partial charge on any atom is 0.220 e. The van der Waals surface area contributed by atoms with Crippen LogP contribution in [0.2, 0.25) is 0 Å². The predicted octanol–water partition coefficient (Wildman–Crippen LogP) is 4.53. The molecule has 0 aliphatic carbocycles. The van der Waals surface area contributed by atoms with Crippen molar-refractivity contribution in [1.82, 2.24) is 5.32 Å². The van der Waals surface area contributed by atoms with E-state index in [1.54, 1.807) is 6.92 Å². The lowest BCUT2D eigenvalue weighted by atomic mass is 9.88. The zero-order chi connectivity index (χ0) is 21.5. The number of benzene rings is 5. The zero-order valence-electron chi connectivity index (χ0n) is 17.4. The van der Waals surface area contributed by atoms with Gasteiger partial charge in [0.1, 0.15) is 0 Å². The zero-order valence-corrected chi connectivity index (χ0v) is 17.4. The van der Waals surface area contributed by atoms with Crippen molar-refractivity contribution < 1.29 is 15.0 Å². The summed E-state index contributed by atoms with van der Waals surface area (Å²) in [6, 6.07) is 23.0. The van der Waals surface area contributed by atoms with Crippen LogP contribution in [-0.4, -0.2) is 34.9 Å². The first-order chi connectivity index (χ1) is 15.1. The van der Waals surface area contributed by atoms with E-state index in [-0.39, 0.29) is 12.5 Å². The lowest BCUT2D eigenvalue weighted by Crippen LogP contribution is -2.44. The topological polar surface area (TPSA) is 69.6 Å². The van der Waals surface area contributed by atoms with Crippen LogP contribution in [0.4, 0.5) is 0 Å². The Balaban J connectivity index is 1.59. The molecule has 31 heavy (non-hydrogen) atoms. The van der Waals surface area contributed by atoms with Crippen molar-refractivity contribution in [2.75, 3.05) is 6.61 Å². The van der Waals surface area contributed by atoms with Gasteiger partial charge < -0.3 is 15.5 Å². The third kappa shape index (κ3) is 3.29. The normalized spacial score (nSPS) is 13.9. The first kappa shape index (κ1) is 19.7. The molecule has 0 spiro atoms. The van der Waals surface area contributed by atoms with Gasteiger partial charge in [-0.3, -0.25) is 4.79 Å². The van der Waals surface area contributed by atoms with Crippen molar-refractivity contribution in [3.05, 3.63) is 72.3 Å². The van der Waals surface area contributed by atoms with Crippen molar-refractivity contribution in [1.29, 1.82) is 0 Å². The quantitative estimate of drug-likeness (QED) is 0.284. The molecule has 0 aliphatic heterocycles. The van der Waals surface area contributed by atoms with Crippen LogP contribution < -0.4 is 5.32 Å². The second kappa shape index (κ2) is 7.80. The smallest absolute Gasteiger partial charge is 0.220 e. The number of hydrogen-bond donors (Lipinski definition) is 3. The van der Waals surface area contributed by atoms with E-state index in [0.29, 0.717) is 12.8 Å². The Labute approximate surface area is 180 Å². The summed E-state index contributed by atoms with van der Waals surface area (Å²) in [6.45, 7) is 1.28. The molecule has 0 aromatic heterocycles. The molecule has 1 amide bonds. The highest BCUT2D eigenvalue weighted by molar-refractivity contribution is 6.33. The summed E-state index contributed by atoms with van der Waals surface area (Å²) < 4.78 is 0. The van der Waals surface area contributed by atoms with Crippen molar-refractivity contribution in [3.8, 4) is 0 Å². The van der Waals surface area contributed by atoms with Crippen LogP contribution in [0, 0.1) is 0 Å². The van der Waals surface area contributed by atoms with E-state index in [2.05, 4.69) is 72.0 Å². The molecule has 5 aromatic carbocycles. The number of aryl methyl sites for hydroxylation is 1. The van der Waals surface area contributed by atoms with Gasteiger partial charge in [-0.2, -0.15) is 0 Å². The van der Waals surface area contributed by atoms with E-state index in [9.17, 15) is 15.0 Å². The van der Waals surface area contributed by atoms with Crippen LogP contribution in [0.1, 0.15) is 18.9 Å². The average molecular weight is 412 g/mol. The Kier molecular flexibility index (Phi) is 4.97. The van der Waals surface area contributed by atoms with Gasteiger partial charge in [0, 0.05) is 6.42 Å². The van der Waals surface area contributed by atoms with Gasteiger partial charge in [0.2, 0.25) is 5.91 Å². The van der Waals surface area contributed by atoms with Crippen LogP contribution in [0.5, 0.6) is 0 Å². The monoisotopic (exact) mass is 411 g/mol. The lowest BCUT2D eigenvalue weighted by Gasteiger charge is -2.19. The molecule has 0 bridgehead atoms. The first-order valence-corrected chi connectivity index (χ1v) is 10.7.